The molecule has 0 bridgehead atoms. The Hall–Kier alpha value is -4.44. The second kappa shape index (κ2) is 11.8. The number of thioether (sulfide) groups is 1. The van der Waals surface area contributed by atoms with Crippen LogP contribution in [0.2, 0.25) is 0 Å². The van der Waals surface area contributed by atoms with E-state index in [9.17, 15) is 14.7 Å². The lowest BCUT2D eigenvalue weighted by Crippen LogP contribution is -2.29. The smallest absolute Gasteiger partial charge is 0.250 e. The number of nitrogens with zero attached hydrogens (tertiary/aromatic N) is 4. The number of aliphatic carboxylic acids is 1. The van der Waals surface area contributed by atoms with Crippen LogP contribution in [0.5, 0.6) is 5.75 Å². The molecular formula is C26H22N5O4S-. The lowest BCUT2D eigenvalue weighted by Gasteiger charge is -2.10. The summed E-state index contributed by atoms with van der Waals surface area (Å²) < 4.78 is 7.09. The number of rotatable bonds is 10. The first-order valence-corrected chi connectivity index (χ1v) is 11.9. The van der Waals surface area contributed by atoms with Crippen LogP contribution in [0.1, 0.15) is 11.1 Å². The van der Waals surface area contributed by atoms with Crippen LogP contribution >= 0.6 is 11.8 Å². The van der Waals surface area contributed by atoms with Crippen molar-refractivity contribution in [3.8, 4) is 22.8 Å². The van der Waals surface area contributed by atoms with E-state index >= 15 is 0 Å². The maximum Gasteiger partial charge on any atom is 0.250 e. The number of hydrogen-bond acceptors (Lipinski definition) is 8. The zero-order valence-electron chi connectivity index (χ0n) is 19.3. The maximum atomic E-state index is 12.4. The summed E-state index contributed by atoms with van der Waals surface area (Å²) in [4.78, 5) is 23.1. The highest BCUT2D eigenvalue weighted by molar-refractivity contribution is 7.99. The molecule has 0 saturated heterocycles. The zero-order chi connectivity index (χ0) is 25.3. The summed E-state index contributed by atoms with van der Waals surface area (Å²) in [6, 6.07) is 24.4. The molecule has 36 heavy (non-hydrogen) atoms. The van der Waals surface area contributed by atoms with Crippen LogP contribution in [0.25, 0.3) is 17.1 Å². The molecule has 3 aromatic carbocycles. The molecule has 0 saturated carbocycles. The van der Waals surface area contributed by atoms with Gasteiger partial charge >= 0.3 is 0 Å². The Morgan fingerprint density at radius 1 is 1.03 bits per heavy atom. The summed E-state index contributed by atoms with van der Waals surface area (Å²) in [5.74, 6) is -0.632. The number of aryl methyl sites for hydroxylation is 1. The Bertz CT molecular complexity index is 1370. The third-order valence-electron chi connectivity index (χ3n) is 4.95. The largest absolute Gasteiger partial charge is 0.546 e. The van der Waals surface area contributed by atoms with Crippen molar-refractivity contribution >= 4 is 29.9 Å². The summed E-state index contributed by atoms with van der Waals surface area (Å²) >= 11 is 1.24. The molecule has 9 nitrogen and oxygen atoms in total. The van der Waals surface area contributed by atoms with E-state index in [1.54, 1.807) is 24.3 Å². The summed E-state index contributed by atoms with van der Waals surface area (Å²) in [6.07, 6.45) is 1.38. The van der Waals surface area contributed by atoms with Crippen molar-refractivity contribution < 1.29 is 19.4 Å². The molecule has 0 fully saturated rings. The van der Waals surface area contributed by atoms with E-state index in [-0.39, 0.29) is 11.7 Å². The molecule has 0 aliphatic carbocycles. The number of aromatic nitrogens is 3. The van der Waals surface area contributed by atoms with Gasteiger partial charge in [0.15, 0.2) is 11.0 Å². The summed E-state index contributed by atoms with van der Waals surface area (Å²) in [7, 11) is 0. The van der Waals surface area contributed by atoms with Gasteiger partial charge in [0.2, 0.25) is 0 Å². The summed E-state index contributed by atoms with van der Waals surface area (Å²) in [5, 5.41) is 23.9. The van der Waals surface area contributed by atoms with E-state index in [0.29, 0.717) is 22.3 Å². The number of benzene rings is 3. The highest BCUT2D eigenvalue weighted by Crippen LogP contribution is 2.28. The van der Waals surface area contributed by atoms with Gasteiger partial charge in [-0.3, -0.25) is 9.36 Å². The highest BCUT2D eigenvalue weighted by atomic mass is 32.2. The second-order valence-electron chi connectivity index (χ2n) is 7.62. The third kappa shape index (κ3) is 6.36. The quantitative estimate of drug-likeness (QED) is 0.202. The van der Waals surface area contributed by atoms with E-state index in [0.717, 1.165) is 16.8 Å². The zero-order valence-corrected chi connectivity index (χ0v) is 20.1. The van der Waals surface area contributed by atoms with Gasteiger partial charge in [0.25, 0.3) is 5.91 Å². The fourth-order valence-corrected chi connectivity index (χ4v) is 4.00. The van der Waals surface area contributed by atoms with Crippen LogP contribution in [0.4, 0.5) is 0 Å². The summed E-state index contributed by atoms with van der Waals surface area (Å²) in [5.41, 5.74) is 5.92. The van der Waals surface area contributed by atoms with Crippen LogP contribution in [0.3, 0.4) is 0 Å². The predicted octanol–water partition coefficient (Wildman–Crippen LogP) is 2.61. The number of para-hydroxylation sites is 2. The Morgan fingerprint density at radius 2 is 1.75 bits per heavy atom. The van der Waals surface area contributed by atoms with Gasteiger partial charge in [-0.15, -0.1) is 10.2 Å². The van der Waals surface area contributed by atoms with Crippen molar-refractivity contribution in [2.75, 3.05) is 12.4 Å². The van der Waals surface area contributed by atoms with Crippen LogP contribution in [-0.2, 0) is 9.59 Å². The van der Waals surface area contributed by atoms with Gasteiger partial charge in [0.1, 0.15) is 12.4 Å². The summed E-state index contributed by atoms with van der Waals surface area (Å²) in [6.45, 7) is 1.44. The van der Waals surface area contributed by atoms with Crippen LogP contribution < -0.4 is 15.3 Å². The Kier molecular flexibility index (Phi) is 8.09. The fraction of sp³-hybridized carbons (Fsp3) is 0.115. The molecule has 4 aromatic rings. The van der Waals surface area contributed by atoms with Crippen molar-refractivity contribution in [3.05, 3.63) is 90.0 Å². The van der Waals surface area contributed by atoms with Gasteiger partial charge in [-0.2, -0.15) is 5.10 Å². The van der Waals surface area contributed by atoms with E-state index in [4.69, 9.17) is 4.74 Å². The number of hydrazone groups is 1. The molecule has 1 amide bonds. The van der Waals surface area contributed by atoms with Gasteiger partial charge in [0, 0.05) is 16.8 Å². The number of amides is 1. The first-order chi connectivity index (χ1) is 17.5. The van der Waals surface area contributed by atoms with Gasteiger partial charge < -0.3 is 14.6 Å². The Morgan fingerprint density at radius 3 is 2.50 bits per heavy atom. The standard InChI is InChI=1S/C26H23N5O4S/c1-18-11-13-19(14-12-18)25-29-30-26(31(25)21-8-3-2-4-9-21)36-17-23(32)28-27-15-20-7-5-6-10-22(20)35-16-24(33)34/h2-15H,16-17H2,1H3,(H,28,32)(H,33,34)/p-1/b27-15+. The van der Waals surface area contributed by atoms with Crippen molar-refractivity contribution in [1.29, 1.82) is 0 Å². The molecule has 1 heterocycles. The molecule has 1 aromatic heterocycles. The van der Waals surface area contributed by atoms with E-state index < -0.39 is 12.6 Å². The first-order valence-electron chi connectivity index (χ1n) is 11.0. The molecule has 0 unspecified atom stereocenters. The van der Waals surface area contributed by atoms with Crippen molar-refractivity contribution in [2.45, 2.75) is 12.1 Å². The minimum Gasteiger partial charge on any atom is -0.546 e. The monoisotopic (exact) mass is 500 g/mol. The lowest BCUT2D eigenvalue weighted by molar-refractivity contribution is -0.307. The number of carbonyl (C=O) groups is 2. The average Bonchev–Trinajstić information content (AvgIpc) is 3.32. The first kappa shape index (κ1) is 24.7. The minimum atomic E-state index is -1.33. The molecule has 0 spiro atoms. The molecule has 4 rings (SSSR count). The topological polar surface area (TPSA) is 122 Å². The van der Waals surface area contributed by atoms with Gasteiger partial charge in [0.05, 0.1) is 17.9 Å². The average molecular weight is 501 g/mol. The van der Waals surface area contributed by atoms with Crippen LogP contribution in [0.15, 0.2) is 89.1 Å². The van der Waals surface area contributed by atoms with Crippen molar-refractivity contribution in [2.24, 2.45) is 5.10 Å². The normalized spacial score (nSPS) is 10.9. The van der Waals surface area contributed by atoms with E-state index in [1.165, 1.54) is 18.0 Å². The fourth-order valence-electron chi connectivity index (χ4n) is 3.25. The van der Waals surface area contributed by atoms with Crippen LogP contribution in [-0.4, -0.2) is 45.2 Å². The second-order valence-corrected chi connectivity index (χ2v) is 8.57. The molecule has 10 heteroatoms. The number of carboxylic acid groups (broad SMARTS) is 1. The van der Waals surface area contributed by atoms with E-state index in [2.05, 4.69) is 20.7 Å². The third-order valence-corrected chi connectivity index (χ3v) is 5.88. The number of nitrogens with one attached hydrogen (secondary N) is 1. The minimum absolute atomic E-state index is 0.0546. The predicted molar refractivity (Wildman–Crippen MR) is 135 cm³/mol. The Balaban J connectivity index is 1.45. The molecule has 0 radical (unpaired) electrons. The Labute approximate surface area is 211 Å². The highest BCUT2D eigenvalue weighted by Gasteiger charge is 2.17. The van der Waals surface area contributed by atoms with Gasteiger partial charge in [-0.05, 0) is 31.2 Å². The number of carbonyl (C=O) groups excluding carboxylic acids is 2. The van der Waals surface area contributed by atoms with Crippen molar-refractivity contribution in [3.63, 3.8) is 0 Å². The van der Waals surface area contributed by atoms with Crippen LogP contribution in [0, 0.1) is 6.92 Å². The molecule has 0 atom stereocenters. The lowest BCUT2D eigenvalue weighted by atomic mass is 10.1. The number of carboxylic acids is 1. The maximum absolute atomic E-state index is 12.4. The SMILES string of the molecule is Cc1ccc(-c2nnc(SCC(=O)N/N=C/c3ccccc3OCC(=O)[O-])n2-c2ccccc2)cc1. The molecular weight excluding hydrogens is 478 g/mol. The number of hydrogen-bond donors (Lipinski definition) is 1. The van der Waals surface area contributed by atoms with Gasteiger partial charge in [-0.25, -0.2) is 5.43 Å². The molecule has 182 valence electrons. The molecule has 0 aliphatic heterocycles. The van der Waals surface area contributed by atoms with Crippen molar-refractivity contribution in [1.82, 2.24) is 20.2 Å². The number of ether oxygens (including phenoxy) is 1. The molecule has 1 N–H and O–H groups in total. The van der Waals surface area contributed by atoms with Gasteiger partial charge in [-0.1, -0.05) is 71.9 Å². The molecule has 0 aliphatic rings. The van der Waals surface area contributed by atoms with E-state index in [1.807, 2.05) is 66.1 Å².